The summed E-state index contributed by atoms with van der Waals surface area (Å²) >= 11 is 0. The van der Waals surface area contributed by atoms with Crippen LogP contribution in [0, 0.1) is 5.82 Å². The van der Waals surface area contributed by atoms with Crippen LogP contribution in [-0.4, -0.2) is 36.1 Å². The maximum Gasteiger partial charge on any atom is 1.00 e. The van der Waals surface area contributed by atoms with Gasteiger partial charge in [-0.05, 0) is 24.3 Å². The Morgan fingerprint density at radius 1 is 1.30 bits per heavy atom. The Hall–Kier alpha value is -1.74. The zero-order valence-corrected chi connectivity index (χ0v) is 14.6. The number of carboxylic acids is 1. The Kier molecular flexibility index (Phi) is 7.37. The first-order valence-electron chi connectivity index (χ1n) is 6.26. The van der Waals surface area contributed by atoms with E-state index in [2.05, 4.69) is 5.10 Å². The number of carbonyl (C=O) groups excluding carboxylic acids is 1. The van der Waals surface area contributed by atoms with E-state index in [0.717, 1.165) is 4.68 Å². The van der Waals surface area contributed by atoms with Crippen molar-refractivity contribution in [2.75, 3.05) is 20.3 Å². The number of halogens is 1. The molecule has 1 heterocycles. The van der Waals surface area contributed by atoms with Gasteiger partial charge >= 0.3 is 29.6 Å². The second-order valence-corrected chi connectivity index (χ2v) is 4.22. The molecule has 0 N–H and O–H groups in total. The number of ether oxygens (including phenoxy) is 2. The van der Waals surface area contributed by atoms with Crippen molar-refractivity contribution in [2.24, 2.45) is 0 Å². The first-order chi connectivity index (χ1) is 10.5. The van der Waals surface area contributed by atoms with Crippen LogP contribution in [0.1, 0.15) is 10.5 Å². The fraction of sp³-hybridized carbons (Fsp3) is 0.214. The number of aromatic carboxylic acids is 1. The Balaban J connectivity index is 0.00000264. The summed E-state index contributed by atoms with van der Waals surface area (Å²) in [6.07, 6.45) is 1.22. The number of nitrogens with zero attached hydrogens (tertiary/aromatic N) is 2. The van der Waals surface area contributed by atoms with E-state index in [1.54, 1.807) is 0 Å². The van der Waals surface area contributed by atoms with Gasteiger partial charge in [0, 0.05) is 7.11 Å². The molecule has 2 aromatic rings. The van der Waals surface area contributed by atoms with Crippen molar-refractivity contribution in [3.05, 3.63) is 52.2 Å². The average Bonchev–Trinajstić information content (AvgIpc) is 2.49. The third kappa shape index (κ3) is 4.87. The minimum absolute atomic E-state index is 0. The number of carbonyl (C=O) groups is 1. The van der Waals surface area contributed by atoms with Crippen LogP contribution in [0.2, 0.25) is 0 Å². The molecule has 7 nitrogen and oxygen atoms in total. The summed E-state index contributed by atoms with van der Waals surface area (Å²) in [4.78, 5) is 22.9. The minimum atomic E-state index is -1.72. The van der Waals surface area contributed by atoms with Crippen molar-refractivity contribution in [3.63, 3.8) is 0 Å². The van der Waals surface area contributed by atoms with Gasteiger partial charge in [-0.15, -0.1) is 0 Å². The maximum atomic E-state index is 12.9. The number of carboxylic acid groups (broad SMARTS) is 1. The van der Waals surface area contributed by atoms with Crippen molar-refractivity contribution in [1.82, 2.24) is 9.78 Å². The topological polar surface area (TPSA) is 93.5 Å². The monoisotopic (exact) mass is 330 g/mol. The fourth-order valence-electron chi connectivity index (χ4n) is 1.67. The summed E-state index contributed by atoms with van der Waals surface area (Å²) in [5.74, 6) is -2.39. The van der Waals surface area contributed by atoms with Gasteiger partial charge in [0.25, 0.3) is 5.43 Å². The Morgan fingerprint density at radius 2 is 1.96 bits per heavy atom. The largest absolute Gasteiger partial charge is 1.00 e. The van der Waals surface area contributed by atoms with E-state index in [9.17, 15) is 19.1 Å². The molecule has 0 radical (unpaired) electrons. The third-order valence-electron chi connectivity index (χ3n) is 2.72. The SMILES string of the molecule is COCCOc1cn(-c2ccc(F)cc2)nc(C(=O)[O-])c1=O.[Na+]. The second kappa shape index (κ2) is 8.78. The molecule has 0 aliphatic heterocycles. The van der Waals surface area contributed by atoms with E-state index in [0.29, 0.717) is 5.69 Å². The molecule has 0 unspecified atom stereocenters. The first-order valence-corrected chi connectivity index (χ1v) is 6.26. The van der Waals surface area contributed by atoms with Crippen LogP contribution in [0.3, 0.4) is 0 Å². The molecular weight excluding hydrogens is 318 g/mol. The fourth-order valence-corrected chi connectivity index (χ4v) is 1.67. The predicted octanol–water partition coefficient (Wildman–Crippen LogP) is -3.24. The number of benzene rings is 1. The zero-order valence-electron chi connectivity index (χ0n) is 12.6. The van der Waals surface area contributed by atoms with Gasteiger partial charge in [-0.25, -0.2) is 9.07 Å². The normalized spacial score (nSPS) is 10.0. The van der Waals surface area contributed by atoms with Crippen molar-refractivity contribution in [1.29, 1.82) is 0 Å². The number of hydrogen-bond donors (Lipinski definition) is 0. The van der Waals surface area contributed by atoms with Crippen LogP contribution in [-0.2, 0) is 4.74 Å². The van der Waals surface area contributed by atoms with Crippen molar-refractivity contribution < 1.29 is 53.3 Å². The van der Waals surface area contributed by atoms with Crippen LogP contribution < -0.4 is 44.8 Å². The standard InChI is InChI=1S/C14H13FN2O5.Na/c1-21-6-7-22-11-8-17(10-4-2-9(15)3-5-10)16-12(13(11)18)14(19)20;/h2-5,8H,6-7H2,1H3,(H,19,20);/q;+1/p-1. The van der Waals surface area contributed by atoms with E-state index in [4.69, 9.17) is 9.47 Å². The second-order valence-electron chi connectivity index (χ2n) is 4.22. The summed E-state index contributed by atoms with van der Waals surface area (Å²) in [7, 11) is 1.46. The number of methoxy groups -OCH3 is 1. The molecule has 0 aliphatic rings. The minimum Gasteiger partial charge on any atom is -0.543 e. The van der Waals surface area contributed by atoms with Gasteiger partial charge < -0.3 is 19.4 Å². The quantitative estimate of drug-likeness (QED) is 0.408. The molecule has 0 atom stereocenters. The van der Waals surface area contributed by atoms with Crippen LogP contribution in [0.5, 0.6) is 5.75 Å². The van der Waals surface area contributed by atoms with Crippen LogP contribution in [0.25, 0.3) is 5.69 Å². The molecule has 0 bridgehead atoms. The van der Waals surface area contributed by atoms with E-state index >= 15 is 0 Å². The van der Waals surface area contributed by atoms with E-state index in [1.165, 1.54) is 37.6 Å². The van der Waals surface area contributed by atoms with Crippen LogP contribution in [0.15, 0.2) is 35.3 Å². The molecule has 0 spiro atoms. The van der Waals surface area contributed by atoms with Crippen LogP contribution >= 0.6 is 0 Å². The zero-order chi connectivity index (χ0) is 16.1. The number of aromatic nitrogens is 2. The van der Waals surface area contributed by atoms with E-state index < -0.39 is 22.9 Å². The molecule has 23 heavy (non-hydrogen) atoms. The molecule has 0 saturated carbocycles. The summed E-state index contributed by atoms with van der Waals surface area (Å²) in [6, 6.07) is 5.12. The van der Waals surface area contributed by atoms with Crippen LogP contribution in [0.4, 0.5) is 4.39 Å². The molecular formula is C14H12FN2NaO5. The van der Waals surface area contributed by atoms with Gasteiger partial charge in [-0.2, -0.15) is 5.10 Å². The summed E-state index contributed by atoms with van der Waals surface area (Å²) in [5.41, 5.74) is -1.32. The smallest absolute Gasteiger partial charge is 0.543 e. The summed E-state index contributed by atoms with van der Waals surface area (Å²) in [6.45, 7) is 0.282. The molecule has 0 fully saturated rings. The summed E-state index contributed by atoms with van der Waals surface area (Å²) < 4.78 is 24.0. The van der Waals surface area contributed by atoms with E-state index in [1.807, 2.05) is 0 Å². The van der Waals surface area contributed by atoms with Crippen molar-refractivity contribution in [3.8, 4) is 11.4 Å². The third-order valence-corrected chi connectivity index (χ3v) is 2.72. The van der Waals surface area contributed by atoms with Gasteiger partial charge in [0.05, 0.1) is 24.5 Å². The van der Waals surface area contributed by atoms with Crippen molar-refractivity contribution >= 4 is 5.97 Å². The van der Waals surface area contributed by atoms with Gasteiger partial charge in [-0.1, -0.05) is 0 Å². The van der Waals surface area contributed by atoms with E-state index in [-0.39, 0.29) is 48.5 Å². The van der Waals surface area contributed by atoms with Crippen molar-refractivity contribution in [2.45, 2.75) is 0 Å². The molecule has 9 heteroatoms. The Labute approximate surface area is 152 Å². The molecule has 2 rings (SSSR count). The Bertz CT molecular complexity index is 733. The maximum absolute atomic E-state index is 12.9. The van der Waals surface area contributed by atoms with Gasteiger partial charge in [0.2, 0.25) is 0 Å². The average molecular weight is 330 g/mol. The van der Waals surface area contributed by atoms with Gasteiger partial charge in [0.1, 0.15) is 12.4 Å². The molecule has 116 valence electrons. The first kappa shape index (κ1) is 19.3. The van der Waals surface area contributed by atoms with Gasteiger partial charge in [-0.3, -0.25) is 4.79 Å². The molecule has 0 saturated heterocycles. The summed E-state index contributed by atoms with van der Waals surface area (Å²) in [5, 5.41) is 14.7. The molecule has 0 amide bonds. The molecule has 1 aromatic heterocycles. The predicted molar refractivity (Wildman–Crippen MR) is 71.5 cm³/mol. The molecule has 1 aromatic carbocycles. The molecule has 0 aliphatic carbocycles. The number of hydrogen-bond acceptors (Lipinski definition) is 6. The number of rotatable bonds is 6. The van der Waals surface area contributed by atoms with Gasteiger partial charge in [0.15, 0.2) is 11.4 Å². The Morgan fingerprint density at radius 3 is 2.52 bits per heavy atom.